The molecule has 5 rings (SSSR count). The lowest BCUT2D eigenvalue weighted by Gasteiger charge is -2.28. The summed E-state index contributed by atoms with van der Waals surface area (Å²) in [7, 11) is 0. The largest absolute Gasteiger partial charge is 0.373 e. The van der Waals surface area contributed by atoms with E-state index in [9.17, 15) is 19.2 Å². The van der Waals surface area contributed by atoms with Crippen molar-refractivity contribution in [2.24, 2.45) is 11.8 Å². The van der Waals surface area contributed by atoms with Gasteiger partial charge in [0.15, 0.2) is 5.54 Å². The molecule has 3 aliphatic rings. The number of hydrogen-bond donors (Lipinski definition) is 2. The van der Waals surface area contributed by atoms with Crippen molar-refractivity contribution in [1.82, 2.24) is 15.5 Å². The lowest BCUT2D eigenvalue weighted by atomic mass is 9.79. The van der Waals surface area contributed by atoms with Crippen molar-refractivity contribution in [1.29, 1.82) is 0 Å². The van der Waals surface area contributed by atoms with Crippen LogP contribution in [0.4, 0.5) is 4.79 Å². The molecule has 3 saturated heterocycles. The van der Waals surface area contributed by atoms with Crippen molar-refractivity contribution in [2.45, 2.75) is 30.6 Å². The van der Waals surface area contributed by atoms with Gasteiger partial charge in [-0.2, -0.15) is 0 Å². The molecule has 2 N–H and O–H groups in total. The van der Waals surface area contributed by atoms with Crippen LogP contribution >= 0.6 is 0 Å². The molecule has 4 atom stereocenters. The first kappa shape index (κ1) is 21.3. The van der Waals surface area contributed by atoms with Crippen molar-refractivity contribution >= 4 is 24.1 Å². The van der Waals surface area contributed by atoms with E-state index in [2.05, 4.69) is 10.6 Å². The molecular weight excluding hydrogens is 422 g/mol. The molecule has 3 aliphatic heterocycles. The number of carbonyl (C=O) groups is 4. The van der Waals surface area contributed by atoms with Gasteiger partial charge < -0.3 is 20.2 Å². The second-order valence-electron chi connectivity index (χ2n) is 8.69. The van der Waals surface area contributed by atoms with E-state index in [0.29, 0.717) is 11.1 Å². The van der Waals surface area contributed by atoms with Crippen LogP contribution in [0.2, 0.25) is 0 Å². The number of fused-ring (bicyclic) bond motifs is 2. The molecule has 8 nitrogen and oxygen atoms in total. The fourth-order valence-electron chi connectivity index (χ4n) is 5.35. The van der Waals surface area contributed by atoms with Crippen LogP contribution in [0.25, 0.3) is 0 Å². The highest BCUT2D eigenvalue weighted by molar-refractivity contribution is 6.09. The van der Waals surface area contributed by atoms with Crippen molar-refractivity contribution in [3.8, 4) is 0 Å². The molecule has 2 aromatic rings. The van der Waals surface area contributed by atoms with E-state index in [1.54, 1.807) is 0 Å². The molecule has 33 heavy (non-hydrogen) atoms. The van der Waals surface area contributed by atoms with Gasteiger partial charge in [-0.25, -0.2) is 4.79 Å². The number of nitrogens with zero attached hydrogens (tertiary/aromatic N) is 1. The summed E-state index contributed by atoms with van der Waals surface area (Å²) in [5.41, 5.74) is -0.00640. The summed E-state index contributed by atoms with van der Waals surface area (Å²) in [5, 5.41) is 5.69. The third-order valence-corrected chi connectivity index (χ3v) is 6.94. The Morgan fingerprint density at radius 1 is 1.03 bits per heavy atom. The Balaban J connectivity index is 1.32. The number of aldehydes is 1. The minimum absolute atomic E-state index is 0.0191. The van der Waals surface area contributed by atoms with E-state index in [0.717, 1.165) is 24.0 Å². The lowest BCUT2D eigenvalue weighted by Crippen LogP contribution is -2.46. The Labute approximate surface area is 191 Å². The quantitative estimate of drug-likeness (QED) is 0.496. The van der Waals surface area contributed by atoms with Gasteiger partial charge in [0.05, 0.1) is 24.0 Å². The van der Waals surface area contributed by atoms with Crippen molar-refractivity contribution in [3.05, 3.63) is 71.8 Å². The fourth-order valence-corrected chi connectivity index (χ4v) is 5.35. The van der Waals surface area contributed by atoms with Gasteiger partial charge >= 0.3 is 6.03 Å². The van der Waals surface area contributed by atoms with Crippen LogP contribution in [0.1, 0.15) is 24.0 Å². The minimum atomic E-state index is -1.33. The lowest BCUT2D eigenvalue weighted by molar-refractivity contribution is -0.132. The number of carbonyl (C=O) groups excluding carboxylic acids is 4. The molecule has 0 saturated carbocycles. The van der Waals surface area contributed by atoms with Gasteiger partial charge in [-0.1, -0.05) is 60.7 Å². The third-order valence-electron chi connectivity index (χ3n) is 6.94. The molecule has 0 aromatic heterocycles. The summed E-state index contributed by atoms with van der Waals surface area (Å²) in [6.07, 6.45) is 1.93. The highest BCUT2D eigenvalue weighted by Gasteiger charge is 2.54. The number of amides is 4. The van der Waals surface area contributed by atoms with E-state index in [1.807, 2.05) is 60.7 Å². The molecule has 1 unspecified atom stereocenters. The van der Waals surface area contributed by atoms with Gasteiger partial charge in [-0.15, -0.1) is 0 Å². The second kappa shape index (κ2) is 8.44. The SMILES string of the molecule is O=C[C@@H]1C(C(=O)NCCN2C(=O)NC(c3ccccc3)(c3ccccc3)C2=O)[C@@H]2CC[C@H]1O2. The average Bonchev–Trinajstić information content (AvgIpc) is 3.53. The Hall–Kier alpha value is -3.52. The van der Waals surface area contributed by atoms with Crippen molar-refractivity contribution in [2.75, 3.05) is 13.1 Å². The molecule has 170 valence electrons. The molecule has 2 aromatic carbocycles. The third kappa shape index (κ3) is 3.41. The molecule has 0 radical (unpaired) electrons. The van der Waals surface area contributed by atoms with E-state index < -0.39 is 29.3 Å². The zero-order chi connectivity index (χ0) is 23.0. The molecule has 3 fully saturated rings. The minimum Gasteiger partial charge on any atom is -0.373 e. The molecule has 0 spiro atoms. The number of imide groups is 1. The van der Waals surface area contributed by atoms with E-state index in [1.165, 1.54) is 0 Å². The van der Waals surface area contributed by atoms with Gasteiger partial charge in [0.25, 0.3) is 5.91 Å². The Bertz CT molecular complexity index is 1030. The number of rotatable bonds is 7. The fraction of sp³-hybridized carbons (Fsp3) is 0.360. The van der Waals surface area contributed by atoms with Crippen LogP contribution in [0.5, 0.6) is 0 Å². The maximum absolute atomic E-state index is 13.6. The molecule has 3 heterocycles. The number of nitrogens with one attached hydrogen (secondary N) is 2. The standard InChI is InChI=1S/C25H25N3O5/c29-15-18-19-11-12-20(33-19)21(18)22(30)26-13-14-28-23(31)25(27-24(28)32,16-7-3-1-4-8-16)17-9-5-2-6-10-17/h1-10,15,18-21H,11-14H2,(H,26,30)(H,27,32)/t18-,19+,20-,21?/m0/s1. The zero-order valence-corrected chi connectivity index (χ0v) is 18.0. The number of hydrogen-bond acceptors (Lipinski definition) is 5. The zero-order valence-electron chi connectivity index (χ0n) is 18.0. The maximum atomic E-state index is 13.6. The number of ether oxygens (including phenoxy) is 1. The van der Waals surface area contributed by atoms with Crippen LogP contribution in [-0.2, 0) is 24.7 Å². The molecule has 0 aliphatic carbocycles. The maximum Gasteiger partial charge on any atom is 0.325 e. The predicted molar refractivity (Wildman–Crippen MR) is 118 cm³/mol. The monoisotopic (exact) mass is 447 g/mol. The van der Waals surface area contributed by atoms with Crippen LogP contribution in [0, 0.1) is 11.8 Å². The second-order valence-corrected chi connectivity index (χ2v) is 8.69. The number of urea groups is 1. The van der Waals surface area contributed by atoms with Gasteiger partial charge in [-0.05, 0) is 24.0 Å². The number of benzene rings is 2. The van der Waals surface area contributed by atoms with E-state index in [-0.39, 0.29) is 31.2 Å². The summed E-state index contributed by atoms with van der Waals surface area (Å²) in [6, 6.07) is 17.7. The van der Waals surface area contributed by atoms with Gasteiger partial charge in [0.2, 0.25) is 5.91 Å². The summed E-state index contributed by atoms with van der Waals surface area (Å²) < 4.78 is 5.73. The predicted octanol–water partition coefficient (Wildman–Crippen LogP) is 1.59. The van der Waals surface area contributed by atoms with Crippen LogP contribution in [0.15, 0.2) is 60.7 Å². The van der Waals surface area contributed by atoms with Gasteiger partial charge in [0.1, 0.15) is 6.29 Å². The summed E-state index contributed by atoms with van der Waals surface area (Å²) >= 11 is 0. The summed E-state index contributed by atoms with van der Waals surface area (Å²) in [6.45, 7) is 0.113. The Morgan fingerprint density at radius 3 is 2.24 bits per heavy atom. The first-order valence-electron chi connectivity index (χ1n) is 11.2. The van der Waals surface area contributed by atoms with Crippen LogP contribution in [0.3, 0.4) is 0 Å². The van der Waals surface area contributed by atoms with E-state index >= 15 is 0 Å². The molecule has 4 amide bonds. The van der Waals surface area contributed by atoms with Crippen molar-refractivity contribution < 1.29 is 23.9 Å². The highest BCUT2D eigenvalue weighted by Crippen LogP contribution is 2.42. The molecular formula is C25H25N3O5. The average molecular weight is 447 g/mol. The Morgan fingerprint density at radius 2 is 1.64 bits per heavy atom. The van der Waals surface area contributed by atoms with Gasteiger partial charge in [0, 0.05) is 13.1 Å². The van der Waals surface area contributed by atoms with Crippen LogP contribution in [-0.4, -0.2) is 54.3 Å². The highest BCUT2D eigenvalue weighted by atomic mass is 16.5. The summed E-state index contributed by atoms with van der Waals surface area (Å²) in [5.74, 6) is -1.63. The molecule has 8 heteroatoms. The van der Waals surface area contributed by atoms with E-state index in [4.69, 9.17) is 4.74 Å². The normalized spacial score (nSPS) is 27.5. The Kier molecular flexibility index (Phi) is 5.46. The summed E-state index contributed by atoms with van der Waals surface area (Å²) in [4.78, 5) is 51.9. The van der Waals surface area contributed by atoms with Crippen LogP contribution < -0.4 is 10.6 Å². The van der Waals surface area contributed by atoms with Gasteiger partial charge in [-0.3, -0.25) is 14.5 Å². The van der Waals surface area contributed by atoms with Crippen molar-refractivity contribution in [3.63, 3.8) is 0 Å². The first-order chi connectivity index (χ1) is 16.1. The topological polar surface area (TPSA) is 105 Å². The smallest absolute Gasteiger partial charge is 0.325 e. The first-order valence-corrected chi connectivity index (χ1v) is 11.2. The molecule has 2 bridgehead atoms.